The summed E-state index contributed by atoms with van der Waals surface area (Å²) in [6.45, 7) is 5.46. The number of esters is 1. The van der Waals surface area contributed by atoms with Gasteiger partial charge in [-0.05, 0) is 50.1 Å². The van der Waals surface area contributed by atoms with Crippen molar-refractivity contribution in [2.45, 2.75) is 44.6 Å². The Morgan fingerprint density at radius 3 is 2.63 bits per heavy atom. The maximum atomic E-state index is 12.3. The number of hydrogen-bond donors (Lipinski definition) is 2. The van der Waals surface area contributed by atoms with Gasteiger partial charge in [0.1, 0.15) is 4.88 Å². The number of anilines is 1. The number of amides is 1. The molecule has 0 saturated carbocycles. The predicted molar refractivity (Wildman–Crippen MR) is 104 cm³/mol. The third kappa shape index (κ3) is 5.62. The Kier molecular flexibility index (Phi) is 6.74. The highest BCUT2D eigenvalue weighted by Crippen LogP contribution is 2.24. The molecule has 0 radical (unpaired) electrons. The Hall–Kier alpha value is -2.23. The molecule has 9 heteroatoms. The van der Waals surface area contributed by atoms with Crippen LogP contribution in [-0.2, 0) is 26.0 Å². The first-order chi connectivity index (χ1) is 12.6. The van der Waals surface area contributed by atoms with Crippen molar-refractivity contribution in [3.05, 3.63) is 45.6 Å². The van der Waals surface area contributed by atoms with Crippen LogP contribution in [0.1, 0.15) is 40.4 Å². The predicted octanol–water partition coefficient (Wildman–Crippen LogP) is 2.84. The summed E-state index contributed by atoms with van der Waals surface area (Å²) in [5.74, 6) is -1.14. The van der Waals surface area contributed by atoms with Crippen LogP contribution in [0.25, 0.3) is 0 Å². The van der Waals surface area contributed by atoms with Gasteiger partial charge in [-0.1, -0.05) is 19.4 Å². The molecule has 1 aromatic heterocycles. The fraction of sp³-hybridized carbons (Fsp3) is 0.333. The minimum absolute atomic E-state index is 0.123. The van der Waals surface area contributed by atoms with Gasteiger partial charge in [0.25, 0.3) is 5.91 Å². The molecule has 3 N–H and O–H groups in total. The first-order valence-corrected chi connectivity index (χ1v) is 10.7. The van der Waals surface area contributed by atoms with Gasteiger partial charge in [0.2, 0.25) is 10.0 Å². The van der Waals surface area contributed by atoms with E-state index in [0.29, 0.717) is 4.88 Å². The summed E-state index contributed by atoms with van der Waals surface area (Å²) in [7, 11) is -3.88. The summed E-state index contributed by atoms with van der Waals surface area (Å²) >= 11 is 1.34. The van der Waals surface area contributed by atoms with E-state index >= 15 is 0 Å². The zero-order valence-corrected chi connectivity index (χ0v) is 16.9. The van der Waals surface area contributed by atoms with Crippen molar-refractivity contribution in [2.24, 2.45) is 5.14 Å². The molecule has 0 fully saturated rings. The lowest BCUT2D eigenvalue weighted by Crippen LogP contribution is -2.29. The fourth-order valence-electron chi connectivity index (χ4n) is 2.40. The second-order valence-electron chi connectivity index (χ2n) is 6.05. The Morgan fingerprint density at radius 2 is 2.00 bits per heavy atom. The van der Waals surface area contributed by atoms with Crippen LogP contribution in [0.5, 0.6) is 0 Å². The van der Waals surface area contributed by atoms with Gasteiger partial charge >= 0.3 is 5.97 Å². The largest absolute Gasteiger partial charge is 0.448 e. The van der Waals surface area contributed by atoms with Gasteiger partial charge in [-0.25, -0.2) is 18.4 Å². The van der Waals surface area contributed by atoms with Gasteiger partial charge in [-0.2, -0.15) is 0 Å². The summed E-state index contributed by atoms with van der Waals surface area (Å²) in [5.41, 5.74) is 1.35. The molecule has 1 aromatic carbocycles. The van der Waals surface area contributed by atoms with Crippen LogP contribution < -0.4 is 10.5 Å². The lowest BCUT2D eigenvalue weighted by atomic mass is 10.1. The molecule has 0 bridgehead atoms. The first kappa shape index (κ1) is 21.1. The van der Waals surface area contributed by atoms with Crippen molar-refractivity contribution in [3.8, 4) is 0 Å². The SMILES string of the molecule is CCCc1cc(C(=O)O[C@H](C)C(=O)Nc2cccc(S(N)(=O)=O)c2)sc1C. The third-order valence-electron chi connectivity index (χ3n) is 3.82. The molecule has 146 valence electrons. The maximum absolute atomic E-state index is 12.3. The smallest absolute Gasteiger partial charge is 0.349 e. The summed E-state index contributed by atoms with van der Waals surface area (Å²) in [6.07, 6.45) is 0.807. The number of rotatable bonds is 7. The fourth-order valence-corrected chi connectivity index (χ4v) is 3.92. The van der Waals surface area contributed by atoms with Gasteiger partial charge in [0, 0.05) is 10.6 Å². The van der Waals surface area contributed by atoms with E-state index in [-0.39, 0.29) is 10.6 Å². The number of primary sulfonamides is 1. The molecular weight excluding hydrogens is 388 g/mol. The van der Waals surface area contributed by atoms with E-state index in [2.05, 4.69) is 12.2 Å². The highest BCUT2D eigenvalue weighted by Gasteiger charge is 2.21. The number of nitrogens with one attached hydrogen (secondary N) is 1. The Balaban J connectivity index is 2.03. The Labute approximate surface area is 162 Å². The summed E-state index contributed by atoms with van der Waals surface area (Å²) in [4.78, 5) is 25.9. The zero-order chi connectivity index (χ0) is 20.2. The van der Waals surface area contributed by atoms with Crippen molar-refractivity contribution in [2.75, 3.05) is 5.32 Å². The normalized spacial score (nSPS) is 12.4. The number of sulfonamides is 1. The van der Waals surface area contributed by atoms with Crippen LogP contribution >= 0.6 is 11.3 Å². The van der Waals surface area contributed by atoms with Crippen LogP contribution in [0.2, 0.25) is 0 Å². The van der Waals surface area contributed by atoms with E-state index < -0.39 is 28.0 Å². The standard InChI is InChI=1S/C18H22N2O5S2/c1-4-6-13-9-16(26-12(13)3)18(22)25-11(2)17(21)20-14-7-5-8-15(10-14)27(19,23)24/h5,7-11H,4,6H2,1-3H3,(H,20,21)(H2,19,23,24)/t11-/m1/s1. The van der Waals surface area contributed by atoms with Gasteiger partial charge in [0.05, 0.1) is 4.90 Å². The highest BCUT2D eigenvalue weighted by atomic mass is 32.2. The molecule has 1 amide bonds. The van der Waals surface area contributed by atoms with E-state index in [0.717, 1.165) is 23.3 Å². The lowest BCUT2D eigenvalue weighted by Gasteiger charge is -2.13. The minimum Gasteiger partial charge on any atom is -0.448 e. The molecule has 0 unspecified atom stereocenters. The summed E-state index contributed by atoms with van der Waals surface area (Å²) in [6, 6.07) is 7.32. The maximum Gasteiger partial charge on any atom is 0.349 e. The zero-order valence-electron chi connectivity index (χ0n) is 15.3. The first-order valence-electron chi connectivity index (χ1n) is 8.35. The van der Waals surface area contributed by atoms with E-state index in [1.807, 2.05) is 6.92 Å². The summed E-state index contributed by atoms with van der Waals surface area (Å²) in [5, 5.41) is 7.59. The molecular formula is C18H22N2O5S2. The second-order valence-corrected chi connectivity index (χ2v) is 8.87. The topological polar surface area (TPSA) is 116 Å². The average molecular weight is 411 g/mol. The Bertz CT molecular complexity index is 950. The number of aryl methyl sites for hydroxylation is 2. The molecule has 1 atom stereocenters. The number of benzene rings is 1. The van der Waals surface area contributed by atoms with Crippen LogP contribution in [0.15, 0.2) is 35.2 Å². The second kappa shape index (κ2) is 8.64. The molecule has 0 aliphatic heterocycles. The van der Waals surface area contributed by atoms with Gasteiger partial charge in [-0.3, -0.25) is 4.79 Å². The molecule has 7 nitrogen and oxygen atoms in total. The van der Waals surface area contributed by atoms with E-state index in [9.17, 15) is 18.0 Å². The van der Waals surface area contributed by atoms with Gasteiger partial charge < -0.3 is 10.1 Å². The summed E-state index contributed by atoms with van der Waals surface area (Å²) < 4.78 is 28.0. The van der Waals surface area contributed by atoms with Crippen molar-refractivity contribution < 1.29 is 22.7 Å². The lowest BCUT2D eigenvalue weighted by molar-refractivity contribution is -0.123. The quantitative estimate of drug-likeness (QED) is 0.681. The minimum atomic E-state index is -3.88. The van der Waals surface area contributed by atoms with Crippen LogP contribution in [0.4, 0.5) is 5.69 Å². The van der Waals surface area contributed by atoms with Crippen molar-refractivity contribution >= 4 is 38.9 Å². The number of hydrogen-bond acceptors (Lipinski definition) is 6. The van der Waals surface area contributed by atoms with Crippen LogP contribution in [0.3, 0.4) is 0 Å². The van der Waals surface area contributed by atoms with E-state index in [4.69, 9.17) is 9.88 Å². The molecule has 0 saturated heterocycles. The number of nitrogens with two attached hydrogens (primary N) is 1. The average Bonchev–Trinajstić information content (AvgIpc) is 2.95. The molecule has 2 aromatic rings. The number of thiophene rings is 1. The molecule has 27 heavy (non-hydrogen) atoms. The Morgan fingerprint density at radius 1 is 1.30 bits per heavy atom. The van der Waals surface area contributed by atoms with Gasteiger partial charge in [-0.15, -0.1) is 11.3 Å². The number of carbonyl (C=O) groups excluding carboxylic acids is 2. The monoisotopic (exact) mass is 410 g/mol. The molecule has 0 aliphatic rings. The van der Waals surface area contributed by atoms with Crippen molar-refractivity contribution in [1.82, 2.24) is 0 Å². The van der Waals surface area contributed by atoms with Crippen LogP contribution in [-0.4, -0.2) is 26.4 Å². The molecule has 0 spiro atoms. The van der Waals surface area contributed by atoms with Crippen LogP contribution in [0, 0.1) is 6.92 Å². The number of carbonyl (C=O) groups is 2. The molecule has 2 rings (SSSR count). The molecule has 0 aliphatic carbocycles. The van der Waals surface area contributed by atoms with E-state index in [1.165, 1.54) is 42.5 Å². The van der Waals surface area contributed by atoms with Crippen molar-refractivity contribution in [3.63, 3.8) is 0 Å². The van der Waals surface area contributed by atoms with E-state index in [1.54, 1.807) is 6.07 Å². The van der Waals surface area contributed by atoms with Crippen molar-refractivity contribution in [1.29, 1.82) is 0 Å². The van der Waals surface area contributed by atoms with Gasteiger partial charge in [0.15, 0.2) is 6.10 Å². The highest BCUT2D eigenvalue weighted by molar-refractivity contribution is 7.89. The number of ether oxygens (including phenoxy) is 1. The molecule has 1 heterocycles. The third-order valence-corrected chi connectivity index (χ3v) is 5.81.